The van der Waals surface area contributed by atoms with Crippen LogP contribution in [0.15, 0.2) is 59.2 Å². The molecule has 0 saturated heterocycles. The zero-order valence-corrected chi connectivity index (χ0v) is 12.5. The van der Waals surface area contributed by atoms with Crippen molar-refractivity contribution in [3.8, 4) is 11.1 Å². The van der Waals surface area contributed by atoms with Gasteiger partial charge in [-0.3, -0.25) is 9.78 Å². The predicted octanol–water partition coefficient (Wildman–Crippen LogP) is 4.87. The van der Waals surface area contributed by atoms with Crippen molar-refractivity contribution in [3.63, 3.8) is 0 Å². The Morgan fingerprint density at radius 2 is 1.85 bits per heavy atom. The van der Waals surface area contributed by atoms with E-state index in [-0.39, 0.29) is 5.78 Å². The molecule has 3 rings (SSSR count). The van der Waals surface area contributed by atoms with Crippen LogP contribution in [0.1, 0.15) is 17.3 Å². The molecule has 98 valence electrons. The molecule has 0 bridgehead atoms. The zero-order valence-electron chi connectivity index (χ0n) is 10.9. The summed E-state index contributed by atoms with van der Waals surface area (Å²) in [7, 11) is 0. The first-order chi connectivity index (χ1) is 9.66. The first-order valence-corrected chi connectivity index (χ1v) is 7.11. The van der Waals surface area contributed by atoms with Gasteiger partial charge in [-0.1, -0.05) is 46.3 Å². The van der Waals surface area contributed by atoms with E-state index in [4.69, 9.17) is 0 Å². The molecule has 0 aliphatic heterocycles. The van der Waals surface area contributed by atoms with Crippen molar-refractivity contribution in [1.82, 2.24) is 4.98 Å². The van der Waals surface area contributed by atoms with E-state index in [1.165, 1.54) is 0 Å². The monoisotopic (exact) mass is 325 g/mol. The Bertz CT molecular complexity index is 797. The number of nitrogens with zero attached hydrogens (tertiary/aromatic N) is 1. The van der Waals surface area contributed by atoms with Gasteiger partial charge < -0.3 is 0 Å². The second-order valence-corrected chi connectivity index (χ2v) is 5.55. The summed E-state index contributed by atoms with van der Waals surface area (Å²) in [6, 6.07) is 15.8. The van der Waals surface area contributed by atoms with Gasteiger partial charge in [0.05, 0.1) is 5.52 Å². The maximum atomic E-state index is 11.8. The van der Waals surface area contributed by atoms with Crippen LogP contribution in [-0.4, -0.2) is 10.8 Å². The molecular formula is C17H12BrNO. The third kappa shape index (κ3) is 2.25. The number of hydrogen-bond acceptors (Lipinski definition) is 2. The Morgan fingerprint density at radius 3 is 2.55 bits per heavy atom. The second kappa shape index (κ2) is 5.17. The third-order valence-electron chi connectivity index (χ3n) is 3.27. The molecule has 0 amide bonds. The second-order valence-electron chi connectivity index (χ2n) is 4.63. The summed E-state index contributed by atoms with van der Waals surface area (Å²) in [6.45, 7) is 1.58. The van der Waals surface area contributed by atoms with Gasteiger partial charge in [0.15, 0.2) is 5.78 Å². The van der Waals surface area contributed by atoms with Gasteiger partial charge in [0.1, 0.15) is 0 Å². The van der Waals surface area contributed by atoms with Crippen LogP contribution in [0.4, 0.5) is 0 Å². The van der Waals surface area contributed by atoms with Crippen molar-refractivity contribution in [1.29, 1.82) is 0 Å². The molecule has 0 saturated carbocycles. The summed E-state index contributed by atoms with van der Waals surface area (Å²) in [5.41, 5.74) is 3.67. The highest BCUT2D eigenvalue weighted by Gasteiger charge is 2.12. The van der Waals surface area contributed by atoms with E-state index in [2.05, 4.69) is 20.9 Å². The van der Waals surface area contributed by atoms with Gasteiger partial charge in [0.2, 0.25) is 0 Å². The summed E-state index contributed by atoms with van der Waals surface area (Å²) in [6.07, 6.45) is 1.69. The molecule has 2 nitrogen and oxygen atoms in total. The quantitative estimate of drug-likeness (QED) is 0.629. The first kappa shape index (κ1) is 13.0. The highest BCUT2D eigenvalue weighted by molar-refractivity contribution is 9.10. The lowest BCUT2D eigenvalue weighted by Crippen LogP contribution is -1.96. The molecular weight excluding hydrogens is 314 g/mol. The molecule has 0 aliphatic rings. The standard InChI is InChI=1S/C17H12BrNO/c1-11(20)14-7-8-19-17-15(9-13(18)10-16(14)17)12-5-3-2-4-6-12/h2-10H,1H3. The number of halogens is 1. The van der Waals surface area contributed by atoms with Crippen LogP contribution in [0, 0.1) is 0 Å². The molecule has 0 fully saturated rings. The molecule has 1 heterocycles. The Balaban J connectivity index is 2.39. The highest BCUT2D eigenvalue weighted by atomic mass is 79.9. The molecule has 0 aliphatic carbocycles. The summed E-state index contributed by atoms with van der Waals surface area (Å²) >= 11 is 3.52. The van der Waals surface area contributed by atoms with E-state index in [0.717, 1.165) is 26.5 Å². The van der Waals surface area contributed by atoms with Gasteiger partial charge in [0.25, 0.3) is 0 Å². The van der Waals surface area contributed by atoms with Gasteiger partial charge >= 0.3 is 0 Å². The lowest BCUT2D eigenvalue weighted by Gasteiger charge is -2.09. The number of fused-ring (bicyclic) bond motifs is 1. The number of hydrogen-bond donors (Lipinski definition) is 0. The van der Waals surface area contributed by atoms with E-state index in [1.54, 1.807) is 19.2 Å². The number of aromatic nitrogens is 1. The van der Waals surface area contributed by atoms with E-state index in [0.29, 0.717) is 5.56 Å². The number of ketones is 1. The van der Waals surface area contributed by atoms with Crippen molar-refractivity contribution >= 4 is 32.6 Å². The normalized spacial score (nSPS) is 10.7. The van der Waals surface area contributed by atoms with Crippen LogP contribution in [0.25, 0.3) is 22.0 Å². The smallest absolute Gasteiger partial charge is 0.160 e. The van der Waals surface area contributed by atoms with Gasteiger partial charge in [-0.15, -0.1) is 0 Å². The van der Waals surface area contributed by atoms with E-state index in [1.807, 2.05) is 42.5 Å². The minimum atomic E-state index is 0.0505. The fraction of sp³-hybridized carbons (Fsp3) is 0.0588. The SMILES string of the molecule is CC(=O)c1ccnc2c(-c3ccccc3)cc(Br)cc12. The summed E-state index contributed by atoms with van der Waals surface area (Å²) in [5.74, 6) is 0.0505. The van der Waals surface area contributed by atoms with E-state index < -0.39 is 0 Å². The average Bonchev–Trinajstić information content (AvgIpc) is 2.46. The number of carbonyl (C=O) groups excluding carboxylic acids is 1. The van der Waals surface area contributed by atoms with Gasteiger partial charge in [-0.05, 0) is 30.7 Å². The summed E-state index contributed by atoms with van der Waals surface area (Å²) in [5, 5.41) is 0.883. The molecule has 0 unspecified atom stereocenters. The molecule has 0 N–H and O–H groups in total. The molecule has 3 heteroatoms. The highest BCUT2D eigenvalue weighted by Crippen LogP contribution is 2.32. The van der Waals surface area contributed by atoms with E-state index >= 15 is 0 Å². The fourth-order valence-corrected chi connectivity index (χ4v) is 2.82. The predicted molar refractivity (Wildman–Crippen MR) is 84.9 cm³/mol. The zero-order chi connectivity index (χ0) is 14.1. The molecule has 0 radical (unpaired) electrons. The van der Waals surface area contributed by atoms with Crippen LogP contribution in [0.3, 0.4) is 0 Å². The van der Waals surface area contributed by atoms with Gasteiger partial charge in [0, 0.05) is 27.2 Å². The van der Waals surface area contributed by atoms with Crippen LogP contribution in [0.2, 0.25) is 0 Å². The molecule has 1 aromatic heterocycles. The number of benzene rings is 2. The van der Waals surface area contributed by atoms with Crippen molar-refractivity contribution in [2.24, 2.45) is 0 Å². The van der Waals surface area contributed by atoms with Crippen molar-refractivity contribution in [2.75, 3.05) is 0 Å². The summed E-state index contributed by atoms with van der Waals surface area (Å²) < 4.78 is 0.944. The average molecular weight is 326 g/mol. The number of pyridine rings is 1. The van der Waals surface area contributed by atoms with Gasteiger partial charge in [-0.25, -0.2) is 0 Å². The van der Waals surface area contributed by atoms with Crippen molar-refractivity contribution in [3.05, 3.63) is 64.8 Å². The largest absolute Gasteiger partial charge is 0.294 e. The first-order valence-electron chi connectivity index (χ1n) is 6.31. The number of carbonyl (C=O) groups is 1. The van der Waals surface area contributed by atoms with Crippen molar-refractivity contribution in [2.45, 2.75) is 6.92 Å². The topological polar surface area (TPSA) is 30.0 Å². The van der Waals surface area contributed by atoms with Crippen molar-refractivity contribution < 1.29 is 4.79 Å². The fourth-order valence-electron chi connectivity index (χ4n) is 2.36. The molecule has 3 aromatic rings. The van der Waals surface area contributed by atoms with Gasteiger partial charge in [-0.2, -0.15) is 0 Å². The van der Waals surface area contributed by atoms with E-state index in [9.17, 15) is 4.79 Å². The lowest BCUT2D eigenvalue weighted by molar-refractivity contribution is 0.101. The molecule has 20 heavy (non-hydrogen) atoms. The minimum absolute atomic E-state index is 0.0505. The molecule has 0 atom stereocenters. The Hall–Kier alpha value is -2.00. The summed E-state index contributed by atoms with van der Waals surface area (Å²) in [4.78, 5) is 16.2. The minimum Gasteiger partial charge on any atom is -0.294 e. The third-order valence-corrected chi connectivity index (χ3v) is 3.73. The van der Waals surface area contributed by atoms with Crippen LogP contribution in [0.5, 0.6) is 0 Å². The van der Waals surface area contributed by atoms with Crippen LogP contribution >= 0.6 is 15.9 Å². The molecule has 0 spiro atoms. The molecule has 2 aromatic carbocycles. The Kier molecular flexibility index (Phi) is 3.36. The number of Topliss-reactive ketones (excluding diaryl/α,β-unsaturated/α-hetero) is 1. The van der Waals surface area contributed by atoms with Crippen LogP contribution in [-0.2, 0) is 0 Å². The Morgan fingerprint density at radius 1 is 1.10 bits per heavy atom. The maximum Gasteiger partial charge on any atom is 0.160 e. The maximum absolute atomic E-state index is 11.8. The number of rotatable bonds is 2. The van der Waals surface area contributed by atoms with Crippen LogP contribution < -0.4 is 0 Å². The Labute approximate surface area is 125 Å². The lowest BCUT2D eigenvalue weighted by atomic mass is 9.98.